The molecule has 0 radical (unpaired) electrons. The Labute approximate surface area is 165 Å². The van der Waals surface area contributed by atoms with E-state index in [0.29, 0.717) is 23.1 Å². The number of hydrogen-bond donors (Lipinski definition) is 0. The lowest BCUT2D eigenvalue weighted by atomic mass is 9.78. The summed E-state index contributed by atoms with van der Waals surface area (Å²) in [6, 6.07) is 16.7. The van der Waals surface area contributed by atoms with Crippen molar-refractivity contribution in [1.82, 2.24) is 0 Å². The number of Topliss-reactive ketones (excluding diaryl/α,β-unsaturated/α-hetero) is 2. The first-order valence-electron chi connectivity index (χ1n) is 9.08. The van der Waals surface area contributed by atoms with Gasteiger partial charge in [-0.25, -0.2) is 0 Å². The predicted octanol–water partition coefficient (Wildman–Crippen LogP) is 4.58. The average molecular weight is 386 g/mol. The van der Waals surface area contributed by atoms with E-state index < -0.39 is 11.9 Å². The Morgan fingerprint density at radius 1 is 0.929 bits per heavy atom. The van der Waals surface area contributed by atoms with Crippen LogP contribution in [0.15, 0.2) is 76.7 Å². The molecule has 6 rings (SSSR count). The molecule has 4 nitrogen and oxygen atoms in total. The van der Waals surface area contributed by atoms with Crippen molar-refractivity contribution in [2.24, 2.45) is 0 Å². The molecular weight excluding hydrogens is 372 g/mol. The number of allylic oxidation sites excluding steroid dienone is 1. The van der Waals surface area contributed by atoms with Gasteiger partial charge in [0, 0.05) is 28.5 Å². The lowest BCUT2D eigenvalue weighted by Crippen LogP contribution is -2.47. The summed E-state index contributed by atoms with van der Waals surface area (Å²) in [6.45, 7) is 0. The highest BCUT2D eigenvalue weighted by atomic mass is 32.1. The molecule has 28 heavy (non-hydrogen) atoms. The maximum atomic E-state index is 13.3. The summed E-state index contributed by atoms with van der Waals surface area (Å²) in [6.07, 6.45) is -0.144. The third kappa shape index (κ3) is 1.97. The van der Waals surface area contributed by atoms with Crippen molar-refractivity contribution in [1.29, 1.82) is 0 Å². The normalized spacial score (nSPS) is 24.9. The zero-order chi connectivity index (χ0) is 18.9. The number of ether oxygens (including phenoxy) is 2. The molecule has 136 valence electrons. The van der Waals surface area contributed by atoms with Crippen LogP contribution in [0.3, 0.4) is 0 Å². The Morgan fingerprint density at radius 2 is 1.68 bits per heavy atom. The zero-order valence-electron chi connectivity index (χ0n) is 14.7. The summed E-state index contributed by atoms with van der Waals surface area (Å²) < 4.78 is 12.7. The van der Waals surface area contributed by atoms with E-state index in [0.717, 1.165) is 16.7 Å². The van der Waals surface area contributed by atoms with Crippen LogP contribution in [0.4, 0.5) is 0 Å². The average Bonchev–Trinajstić information content (AvgIpc) is 3.28. The molecule has 3 heterocycles. The van der Waals surface area contributed by atoms with E-state index in [1.54, 1.807) is 35.6 Å². The maximum Gasteiger partial charge on any atom is 0.243 e. The molecule has 0 fully saturated rings. The van der Waals surface area contributed by atoms with Crippen LogP contribution in [0.1, 0.15) is 43.5 Å². The first-order chi connectivity index (χ1) is 13.7. The van der Waals surface area contributed by atoms with E-state index in [4.69, 9.17) is 9.47 Å². The molecule has 0 N–H and O–H groups in total. The van der Waals surface area contributed by atoms with Gasteiger partial charge in [0.1, 0.15) is 6.10 Å². The van der Waals surface area contributed by atoms with Crippen molar-refractivity contribution in [3.63, 3.8) is 0 Å². The summed E-state index contributed by atoms with van der Waals surface area (Å²) in [5.74, 6) is -1.43. The number of carbonyl (C=O) groups is 2. The van der Waals surface area contributed by atoms with E-state index in [-0.39, 0.29) is 17.3 Å². The summed E-state index contributed by atoms with van der Waals surface area (Å²) in [5.41, 5.74) is 3.95. The molecule has 5 heteroatoms. The van der Waals surface area contributed by atoms with Gasteiger partial charge in [0.25, 0.3) is 0 Å². The van der Waals surface area contributed by atoms with E-state index >= 15 is 0 Å². The minimum atomic E-state index is -1.10. The molecule has 1 aromatic heterocycles. The quantitative estimate of drug-likeness (QED) is 0.614. The molecule has 0 saturated heterocycles. The van der Waals surface area contributed by atoms with Crippen LogP contribution in [0.5, 0.6) is 0 Å². The van der Waals surface area contributed by atoms with Crippen molar-refractivity contribution < 1.29 is 19.1 Å². The fourth-order valence-corrected chi connectivity index (χ4v) is 5.07. The van der Waals surface area contributed by atoms with Crippen LogP contribution in [0.2, 0.25) is 0 Å². The Bertz CT molecular complexity index is 1190. The van der Waals surface area contributed by atoms with E-state index in [2.05, 4.69) is 0 Å². The number of thiophene rings is 1. The number of fused-ring (bicyclic) bond motifs is 6. The largest absolute Gasteiger partial charge is 0.453 e. The van der Waals surface area contributed by atoms with Crippen LogP contribution in [-0.2, 0) is 21.7 Å². The number of hydrogen-bond acceptors (Lipinski definition) is 5. The molecule has 3 aromatic rings. The highest BCUT2D eigenvalue weighted by Crippen LogP contribution is 2.53. The van der Waals surface area contributed by atoms with Gasteiger partial charge >= 0.3 is 0 Å². The minimum Gasteiger partial charge on any atom is -0.453 e. The van der Waals surface area contributed by atoms with Crippen molar-refractivity contribution in [3.05, 3.63) is 105 Å². The first-order valence-corrected chi connectivity index (χ1v) is 10.0. The van der Waals surface area contributed by atoms with E-state index in [1.165, 1.54) is 0 Å². The van der Waals surface area contributed by atoms with Gasteiger partial charge in [0.2, 0.25) is 11.6 Å². The fourth-order valence-electron chi connectivity index (χ4n) is 4.36. The van der Waals surface area contributed by atoms with Crippen LogP contribution in [0.25, 0.3) is 0 Å². The topological polar surface area (TPSA) is 52.6 Å². The van der Waals surface area contributed by atoms with Gasteiger partial charge in [-0.2, -0.15) is 11.3 Å². The number of carbonyl (C=O) groups excluding carboxylic acids is 2. The van der Waals surface area contributed by atoms with Gasteiger partial charge in [-0.3, -0.25) is 9.59 Å². The van der Waals surface area contributed by atoms with E-state index in [1.807, 2.05) is 41.1 Å². The summed E-state index contributed by atoms with van der Waals surface area (Å²) in [7, 11) is 0. The molecule has 2 aliphatic heterocycles. The number of benzene rings is 2. The third-order valence-corrected chi connectivity index (χ3v) is 6.35. The third-order valence-electron chi connectivity index (χ3n) is 5.67. The molecule has 2 bridgehead atoms. The van der Waals surface area contributed by atoms with Crippen LogP contribution in [-0.4, -0.2) is 11.6 Å². The van der Waals surface area contributed by atoms with Gasteiger partial charge < -0.3 is 9.47 Å². The fraction of sp³-hybridized carbons (Fsp3) is 0.130. The van der Waals surface area contributed by atoms with Crippen molar-refractivity contribution in [2.45, 2.75) is 18.3 Å². The molecule has 2 aromatic carbocycles. The van der Waals surface area contributed by atoms with Gasteiger partial charge in [-0.05, 0) is 22.6 Å². The van der Waals surface area contributed by atoms with Crippen LogP contribution in [0, 0.1) is 0 Å². The second-order valence-corrected chi connectivity index (χ2v) is 7.97. The molecule has 3 aliphatic rings. The summed E-state index contributed by atoms with van der Waals surface area (Å²) >= 11 is 1.55. The lowest BCUT2D eigenvalue weighted by molar-refractivity contribution is -0.264. The zero-order valence-corrected chi connectivity index (χ0v) is 15.5. The van der Waals surface area contributed by atoms with Crippen molar-refractivity contribution >= 4 is 22.9 Å². The van der Waals surface area contributed by atoms with Gasteiger partial charge in [0.05, 0.1) is 5.57 Å². The predicted molar refractivity (Wildman–Crippen MR) is 103 cm³/mol. The summed E-state index contributed by atoms with van der Waals surface area (Å²) in [4.78, 5) is 26.6. The van der Waals surface area contributed by atoms with Gasteiger partial charge in [-0.1, -0.05) is 48.5 Å². The Kier molecular flexibility index (Phi) is 3.14. The highest BCUT2D eigenvalue weighted by molar-refractivity contribution is 7.08. The number of rotatable bonds is 1. The Balaban J connectivity index is 1.63. The van der Waals surface area contributed by atoms with Crippen molar-refractivity contribution in [3.8, 4) is 0 Å². The first kappa shape index (κ1) is 16.0. The molecular formula is C23H14O4S. The minimum absolute atomic E-state index is 0.126. The smallest absolute Gasteiger partial charge is 0.243 e. The highest BCUT2D eigenvalue weighted by Gasteiger charge is 2.54. The number of ketones is 2. The second kappa shape index (κ2) is 5.50. The lowest BCUT2D eigenvalue weighted by Gasteiger charge is -2.47. The Hall–Kier alpha value is -3.02. The van der Waals surface area contributed by atoms with Crippen LogP contribution >= 0.6 is 11.3 Å². The van der Waals surface area contributed by atoms with Gasteiger partial charge in [0.15, 0.2) is 11.5 Å². The van der Waals surface area contributed by atoms with Gasteiger partial charge in [-0.15, -0.1) is 0 Å². The van der Waals surface area contributed by atoms with Crippen LogP contribution < -0.4 is 0 Å². The molecule has 0 saturated carbocycles. The molecule has 2 atom stereocenters. The molecule has 0 spiro atoms. The molecule has 0 amide bonds. The monoisotopic (exact) mass is 386 g/mol. The summed E-state index contributed by atoms with van der Waals surface area (Å²) in [5, 5.41) is 3.93. The second-order valence-electron chi connectivity index (χ2n) is 7.19. The molecule has 1 unspecified atom stereocenters. The Morgan fingerprint density at radius 3 is 2.46 bits per heavy atom. The SMILES string of the molecule is O=C1C2=C(C(=O)c3ccccc31)C1O[C@](c3ccsc3)(Cc3ccccc31)O2. The van der Waals surface area contributed by atoms with E-state index in [9.17, 15) is 9.59 Å². The molecule has 1 aliphatic carbocycles. The standard InChI is InChI=1S/C23H14O4S/c24-19-16-7-3-4-8-17(16)20(25)22-18(19)21-15-6-2-1-5-13(15)11-23(26-21,27-22)14-9-10-28-12-14/h1-10,12,21H,11H2/t21?,23-/m1/s1. The maximum absolute atomic E-state index is 13.3. The van der Waals surface area contributed by atoms with Crippen molar-refractivity contribution in [2.75, 3.05) is 0 Å².